The van der Waals surface area contributed by atoms with Crippen LogP contribution in [-0.2, 0) is 11.3 Å². The van der Waals surface area contributed by atoms with Gasteiger partial charge in [-0.25, -0.2) is 4.39 Å². The van der Waals surface area contributed by atoms with E-state index in [2.05, 4.69) is 34.6 Å². The average Bonchev–Trinajstić information content (AvgIpc) is 2.95. The predicted molar refractivity (Wildman–Crippen MR) is 89.5 cm³/mol. The van der Waals surface area contributed by atoms with Gasteiger partial charge in [0, 0.05) is 11.6 Å². The lowest BCUT2D eigenvalue weighted by molar-refractivity contribution is -0.122. The molecule has 2 rings (SSSR count). The minimum atomic E-state index is -0.364. The van der Waals surface area contributed by atoms with Crippen molar-refractivity contribution in [3.05, 3.63) is 30.1 Å². The lowest BCUT2D eigenvalue weighted by atomic mass is 10.0. The number of benzene rings is 1. The Balaban J connectivity index is 1.84. The SMILES string of the molecule is CC(C)CCC[C@H](C)NC(=O)Cn1nnc(-c2cccc(F)c2)n1. The first-order valence-corrected chi connectivity index (χ1v) is 8.27. The maximum Gasteiger partial charge on any atom is 0.243 e. The number of nitrogens with zero attached hydrogens (tertiary/aromatic N) is 4. The molecule has 0 aliphatic rings. The normalized spacial score (nSPS) is 12.4. The summed E-state index contributed by atoms with van der Waals surface area (Å²) < 4.78 is 13.2. The van der Waals surface area contributed by atoms with E-state index in [1.807, 2.05) is 6.92 Å². The zero-order valence-electron chi connectivity index (χ0n) is 14.4. The van der Waals surface area contributed by atoms with Crippen molar-refractivity contribution in [1.82, 2.24) is 25.5 Å². The lowest BCUT2D eigenvalue weighted by Gasteiger charge is -2.14. The van der Waals surface area contributed by atoms with Gasteiger partial charge in [0.25, 0.3) is 0 Å². The van der Waals surface area contributed by atoms with Crippen LogP contribution in [0.3, 0.4) is 0 Å². The van der Waals surface area contributed by atoms with Gasteiger partial charge in [-0.2, -0.15) is 4.80 Å². The van der Waals surface area contributed by atoms with Crippen molar-refractivity contribution < 1.29 is 9.18 Å². The van der Waals surface area contributed by atoms with E-state index in [1.165, 1.54) is 16.9 Å². The van der Waals surface area contributed by atoms with Crippen LogP contribution in [0, 0.1) is 11.7 Å². The van der Waals surface area contributed by atoms with Gasteiger partial charge in [0.15, 0.2) is 0 Å². The van der Waals surface area contributed by atoms with Crippen LogP contribution in [0.15, 0.2) is 24.3 Å². The molecule has 6 nitrogen and oxygen atoms in total. The molecule has 0 saturated heterocycles. The largest absolute Gasteiger partial charge is 0.352 e. The van der Waals surface area contributed by atoms with Crippen LogP contribution in [0.25, 0.3) is 11.4 Å². The number of rotatable bonds is 8. The summed E-state index contributed by atoms with van der Waals surface area (Å²) in [4.78, 5) is 13.2. The number of aromatic nitrogens is 4. The van der Waals surface area contributed by atoms with Crippen LogP contribution in [0.4, 0.5) is 4.39 Å². The van der Waals surface area contributed by atoms with Crippen molar-refractivity contribution >= 4 is 5.91 Å². The molecule has 1 N–H and O–H groups in total. The first kappa shape index (κ1) is 18.0. The third-order valence-electron chi connectivity index (χ3n) is 3.65. The van der Waals surface area contributed by atoms with E-state index in [0.29, 0.717) is 17.3 Å². The van der Waals surface area contributed by atoms with E-state index in [4.69, 9.17) is 0 Å². The van der Waals surface area contributed by atoms with Crippen molar-refractivity contribution in [3.8, 4) is 11.4 Å². The minimum absolute atomic E-state index is 0.00314. The van der Waals surface area contributed by atoms with E-state index in [-0.39, 0.29) is 24.3 Å². The first-order chi connectivity index (χ1) is 11.4. The standard InChI is InChI=1S/C17H24FN5O/c1-12(2)6-4-7-13(3)19-16(24)11-23-21-17(20-22-23)14-8-5-9-15(18)10-14/h5,8-10,12-13H,4,6-7,11H2,1-3H3,(H,19,24)/t13-/m0/s1. The molecular formula is C17H24FN5O. The van der Waals surface area contributed by atoms with Gasteiger partial charge in [0.05, 0.1) is 0 Å². The fourth-order valence-corrected chi connectivity index (χ4v) is 2.41. The molecule has 0 spiro atoms. The molecule has 1 heterocycles. The highest BCUT2D eigenvalue weighted by molar-refractivity contribution is 5.75. The highest BCUT2D eigenvalue weighted by atomic mass is 19.1. The van der Waals surface area contributed by atoms with Crippen molar-refractivity contribution in [3.63, 3.8) is 0 Å². The fourth-order valence-electron chi connectivity index (χ4n) is 2.41. The molecule has 1 aromatic carbocycles. The van der Waals surface area contributed by atoms with Crippen LogP contribution >= 0.6 is 0 Å². The maximum atomic E-state index is 13.2. The van der Waals surface area contributed by atoms with Crippen LogP contribution in [0.2, 0.25) is 0 Å². The van der Waals surface area contributed by atoms with Crippen molar-refractivity contribution in [2.75, 3.05) is 0 Å². The molecule has 24 heavy (non-hydrogen) atoms. The quantitative estimate of drug-likeness (QED) is 0.806. The Bertz CT molecular complexity index is 671. The minimum Gasteiger partial charge on any atom is -0.352 e. The molecule has 0 aliphatic carbocycles. The van der Waals surface area contributed by atoms with Gasteiger partial charge in [0.2, 0.25) is 11.7 Å². The summed E-state index contributed by atoms with van der Waals surface area (Å²) in [5, 5.41) is 14.8. The van der Waals surface area contributed by atoms with Crippen LogP contribution in [-0.4, -0.2) is 32.2 Å². The van der Waals surface area contributed by atoms with Gasteiger partial charge in [0.1, 0.15) is 12.4 Å². The number of carbonyl (C=O) groups excluding carboxylic acids is 1. The number of carbonyl (C=O) groups is 1. The molecular weight excluding hydrogens is 309 g/mol. The molecule has 1 amide bonds. The van der Waals surface area contributed by atoms with E-state index in [9.17, 15) is 9.18 Å². The van der Waals surface area contributed by atoms with Crippen molar-refractivity contribution in [1.29, 1.82) is 0 Å². The summed E-state index contributed by atoms with van der Waals surface area (Å²) in [7, 11) is 0. The summed E-state index contributed by atoms with van der Waals surface area (Å²) in [5.41, 5.74) is 0.531. The number of hydrogen-bond acceptors (Lipinski definition) is 4. The van der Waals surface area contributed by atoms with E-state index >= 15 is 0 Å². The number of hydrogen-bond donors (Lipinski definition) is 1. The second-order valence-electron chi connectivity index (χ2n) is 6.45. The first-order valence-electron chi connectivity index (χ1n) is 8.27. The smallest absolute Gasteiger partial charge is 0.243 e. The Labute approximate surface area is 141 Å². The van der Waals surface area contributed by atoms with Gasteiger partial charge in [-0.05, 0) is 36.6 Å². The number of tetrazole rings is 1. The highest BCUT2D eigenvalue weighted by Gasteiger charge is 2.12. The van der Waals surface area contributed by atoms with E-state index < -0.39 is 0 Å². The average molecular weight is 333 g/mol. The third kappa shape index (κ3) is 5.72. The summed E-state index contributed by atoms with van der Waals surface area (Å²) in [5.74, 6) is 0.452. The fraction of sp³-hybridized carbons (Fsp3) is 0.529. The summed E-state index contributed by atoms with van der Waals surface area (Å²) in [6, 6.07) is 6.07. The Morgan fingerprint density at radius 2 is 2.08 bits per heavy atom. The third-order valence-corrected chi connectivity index (χ3v) is 3.65. The van der Waals surface area contributed by atoms with Gasteiger partial charge >= 0.3 is 0 Å². The highest BCUT2D eigenvalue weighted by Crippen LogP contribution is 2.14. The zero-order chi connectivity index (χ0) is 17.5. The number of amides is 1. The zero-order valence-corrected chi connectivity index (χ0v) is 14.4. The molecule has 2 aromatic rings. The molecule has 0 fully saturated rings. The second kappa shape index (κ2) is 8.52. The van der Waals surface area contributed by atoms with Gasteiger partial charge in [-0.15, -0.1) is 10.2 Å². The van der Waals surface area contributed by atoms with Gasteiger partial charge in [-0.1, -0.05) is 38.8 Å². The number of nitrogens with one attached hydrogen (secondary N) is 1. The van der Waals surface area contributed by atoms with E-state index in [0.717, 1.165) is 19.3 Å². The Kier molecular flexibility index (Phi) is 6.40. The van der Waals surface area contributed by atoms with Gasteiger partial charge in [-0.3, -0.25) is 4.79 Å². The molecule has 0 radical (unpaired) electrons. The van der Waals surface area contributed by atoms with Gasteiger partial charge < -0.3 is 5.32 Å². The second-order valence-corrected chi connectivity index (χ2v) is 6.45. The molecule has 0 unspecified atom stereocenters. The molecule has 0 bridgehead atoms. The molecule has 7 heteroatoms. The lowest BCUT2D eigenvalue weighted by Crippen LogP contribution is -2.35. The molecule has 0 saturated carbocycles. The Morgan fingerprint density at radius 1 is 1.29 bits per heavy atom. The Morgan fingerprint density at radius 3 is 2.79 bits per heavy atom. The van der Waals surface area contributed by atoms with Crippen LogP contribution < -0.4 is 5.32 Å². The molecule has 0 aliphatic heterocycles. The molecule has 1 aromatic heterocycles. The summed E-state index contributed by atoms with van der Waals surface area (Å²) >= 11 is 0. The topological polar surface area (TPSA) is 72.7 Å². The van der Waals surface area contributed by atoms with Crippen LogP contribution in [0.1, 0.15) is 40.0 Å². The monoisotopic (exact) mass is 333 g/mol. The predicted octanol–water partition coefficient (Wildman–Crippen LogP) is 2.81. The van der Waals surface area contributed by atoms with Crippen LogP contribution in [0.5, 0.6) is 0 Å². The summed E-state index contributed by atoms with van der Waals surface area (Å²) in [6.45, 7) is 6.37. The maximum absolute atomic E-state index is 13.2. The molecule has 1 atom stereocenters. The summed E-state index contributed by atoms with van der Waals surface area (Å²) in [6.07, 6.45) is 3.19. The number of halogens is 1. The molecule has 130 valence electrons. The van der Waals surface area contributed by atoms with Crippen molar-refractivity contribution in [2.45, 2.75) is 52.6 Å². The Hall–Kier alpha value is -2.31. The van der Waals surface area contributed by atoms with Crippen molar-refractivity contribution in [2.24, 2.45) is 5.92 Å². The van der Waals surface area contributed by atoms with E-state index in [1.54, 1.807) is 12.1 Å².